The Morgan fingerprint density at radius 2 is 1.88 bits per heavy atom. The molecule has 0 amide bonds. The Hall–Kier alpha value is -0.510. The maximum Gasteiger partial charge on any atom is 0.0709 e. The van der Waals surface area contributed by atoms with E-state index in [1.807, 2.05) is 25.1 Å². The van der Waals surface area contributed by atoms with Gasteiger partial charge in [-0.3, -0.25) is 0 Å². The summed E-state index contributed by atoms with van der Waals surface area (Å²) in [5.41, 5.74) is 0. The number of aliphatic hydroxyl groups excluding tert-OH is 2. The predicted octanol–water partition coefficient (Wildman–Crippen LogP) is 2.94. The van der Waals surface area contributed by atoms with Crippen molar-refractivity contribution in [1.29, 1.82) is 0 Å². The molecule has 2 N–H and O–H groups in total. The standard InChI is InChI=1S/C14H22O2S/c1-3-7-13(14(16)11(2)10-15)17-12-8-5-4-6-9-12/h4-6,8-9,11,13-16H,3,7,10H2,1-2H3/t11-,13+,14+/m1/s1. The van der Waals surface area contributed by atoms with Gasteiger partial charge in [0.25, 0.3) is 0 Å². The molecular weight excluding hydrogens is 232 g/mol. The molecule has 0 aliphatic heterocycles. The van der Waals surface area contributed by atoms with Gasteiger partial charge in [-0.15, -0.1) is 11.8 Å². The monoisotopic (exact) mass is 254 g/mol. The third-order valence-corrected chi connectivity index (χ3v) is 4.22. The molecule has 0 unspecified atom stereocenters. The van der Waals surface area contributed by atoms with Crippen LogP contribution < -0.4 is 0 Å². The van der Waals surface area contributed by atoms with Gasteiger partial charge >= 0.3 is 0 Å². The molecule has 17 heavy (non-hydrogen) atoms. The quantitative estimate of drug-likeness (QED) is 0.735. The summed E-state index contributed by atoms with van der Waals surface area (Å²) in [7, 11) is 0. The van der Waals surface area contributed by atoms with Crippen molar-refractivity contribution in [3.8, 4) is 0 Å². The van der Waals surface area contributed by atoms with Crippen LogP contribution in [-0.4, -0.2) is 28.2 Å². The Morgan fingerprint density at radius 3 is 2.41 bits per heavy atom. The number of hydrogen-bond acceptors (Lipinski definition) is 3. The molecule has 0 aliphatic rings. The van der Waals surface area contributed by atoms with Gasteiger partial charge in [-0.2, -0.15) is 0 Å². The van der Waals surface area contributed by atoms with Crippen LogP contribution in [0.15, 0.2) is 35.2 Å². The van der Waals surface area contributed by atoms with Crippen molar-refractivity contribution in [2.24, 2.45) is 5.92 Å². The van der Waals surface area contributed by atoms with Crippen molar-refractivity contribution in [1.82, 2.24) is 0 Å². The average Bonchev–Trinajstić information content (AvgIpc) is 2.37. The molecule has 3 atom stereocenters. The second kappa shape index (κ2) is 7.75. The van der Waals surface area contributed by atoms with Gasteiger partial charge in [0.15, 0.2) is 0 Å². The molecule has 0 saturated heterocycles. The van der Waals surface area contributed by atoms with E-state index in [9.17, 15) is 5.11 Å². The average molecular weight is 254 g/mol. The summed E-state index contributed by atoms with van der Waals surface area (Å²) in [5.74, 6) is -0.0669. The van der Waals surface area contributed by atoms with Crippen LogP contribution in [0.25, 0.3) is 0 Å². The fourth-order valence-corrected chi connectivity index (χ4v) is 3.16. The number of hydrogen-bond donors (Lipinski definition) is 2. The highest BCUT2D eigenvalue weighted by molar-refractivity contribution is 8.00. The van der Waals surface area contributed by atoms with Crippen LogP contribution in [-0.2, 0) is 0 Å². The van der Waals surface area contributed by atoms with Crippen molar-refractivity contribution in [3.63, 3.8) is 0 Å². The third kappa shape index (κ3) is 4.70. The lowest BCUT2D eigenvalue weighted by Crippen LogP contribution is -2.31. The highest BCUT2D eigenvalue weighted by Crippen LogP contribution is 2.30. The minimum absolute atomic E-state index is 0.0384. The van der Waals surface area contributed by atoms with E-state index in [0.717, 1.165) is 12.8 Å². The normalized spacial score (nSPS) is 16.5. The lowest BCUT2D eigenvalue weighted by molar-refractivity contribution is 0.0734. The van der Waals surface area contributed by atoms with E-state index in [2.05, 4.69) is 19.1 Å². The summed E-state index contributed by atoms with van der Waals surface area (Å²) >= 11 is 1.70. The summed E-state index contributed by atoms with van der Waals surface area (Å²) in [4.78, 5) is 1.18. The molecule has 1 aromatic rings. The third-order valence-electron chi connectivity index (χ3n) is 2.86. The maximum atomic E-state index is 10.2. The Labute approximate surface area is 108 Å². The molecule has 1 rings (SSSR count). The first-order valence-corrected chi connectivity index (χ1v) is 7.07. The smallest absolute Gasteiger partial charge is 0.0709 e. The van der Waals surface area contributed by atoms with Crippen LogP contribution in [0.4, 0.5) is 0 Å². The fraction of sp³-hybridized carbons (Fsp3) is 0.571. The SMILES string of the molecule is CCC[C@H](Sc1ccccc1)[C@@H](O)[C@H](C)CO. The molecule has 0 bridgehead atoms. The zero-order chi connectivity index (χ0) is 12.7. The Bertz CT molecular complexity index is 302. The highest BCUT2D eigenvalue weighted by atomic mass is 32.2. The maximum absolute atomic E-state index is 10.2. The molecule has 0 heterocycles. The molecule has 0 fully saturated rings. The zero-order valence-corrected chi connectivity index (χ0v) is 11.4. The lowest BCUT2D eigenvalue weighted by Gasteiger charge is -2.26. The Morgan fingerprint density at radius 1 is 1.24 bits per heavy atom. The van der Waals surface area contributed by atoms with Gasteiger partial charge in [0.1, 0.15) is 0 Å². The number of thioether (sulfide) groups is 1. The molecule has 0 radical (unpaired) electrons. The minimum Gasteiger partial charge on any atom is -0.396 e. The van der Waals surface area contributed by atoms with E-state index >= 15 is 0 Å². The first-order valence-electron chi connectivity index (χ1n) is 6.19. The number of aliphatic hydroxyl groups is 2. The summed E-state index contributed by atoms with van der Waals surface area (Å²) in [6, 6.07) is 10.1. The van der Waals surface area contributed by atoms with Crippen LogP contribution in [0.1, 0.15) is 26.7 Å². The molecule has 0 aliphatic carbocycles. The van der Waals surface area contributed by atoms with Crippen LogP contribution >= 0.6 is 11.8 Å². The largest absolute Gasteiger partial charge is 0.396 e. The lowest BCUT2D eigenvalue weighted by atomic mass is 10.0. The molecule has 0 saturated carbocycles. The molecule has 96 valence electrons. The number of rotatable bonds is 7. The summed E-state index contributed by atoms with van der Waals surface area (Å²) in [6.45, 7) is 4.05. The van der Waals surface area contributed by atoms with E-state index in [-0.39, 0.29) is 17.8 Å². The van der Waals surface area contributed by atoms with Crippen molar-refractivity contribution in [3.05, 3.63) is 30.3 Å². The first kappa shape index (κ1) is 14.6. The second-order valence-electron chi connectivity index (χ2n) is 4.41. The van der Waals surface area contributed by atoms with E-state index in [1.165, 1.54) is 4.90 Å². The van der Waals surface area contributed by atoms with Gasteiger partial charge in [0, 0.05) is 22.7 Å². The van der Waals surface area contributed by atoms with Crippen LogP contribution in [0.2, 0.25) is 0 Å². The van der Waals surface area contributed by atoms with Crippen molar-refractivity contribution in [2.45, 2.75) is 42.9 Å². The highest BCUT2D eigenvalue weighted by Gasteiger charge is 2.24. The molecule has 0 aromatic heterocycles. The van der Waals surface area contributed by atoms with Gasteiger partial charge in [-0.05, 0) is 18.6 Å². The molecule has 3 heteroatoms. The Balaban J connectivity index is 2.66. The molecule has 1 aromatic carbocycles. The topological polar surface area (TPSA) is 40.5 Å². The molecule has 2 nitrogen and oxygen atoms in total. The molecular formula is C14H22O2S. The van der Waals surface area contributed by atoms with Crippen LogP contribution in [0.3, 0.4) is 0 Å². The van der Waals surface area contributed by atoms with Crippen LogP contribution in [0.5, 0.6) is 0 Å². The van der Waals surface area contributed by atoms with E-state index in [4.69, 9.17) is 5.11 Å². The zero-order valence-electron chi connectivity index (χ0n) is 10.5. The van der Waals surface area contributed by atoms with E-state index in [1.54, 1.807) is 11.8 Å². The van der Waals surface area contributed by atoms with Crippen LogP contribution in [0, 0.1) is 5.92 Å². The first-order chi connectivity index (χ1) is 8.19. The predicted molar refractivity (Wildman–Crippen MR) is 73.3 cm³/mol. The van der Waals surface area contributed by atoms with Gasteiger partial charge in [-0.1, -0.05) is 38.5 Å². The summed E-state index contributed by atoms with van der Waals surface area (Å²) in [5, 5.41) is 19.5. The van der Waals surface area contributed by atoms with Crippen molar-refractivity contribution < 1.29 is 10.2 Å². The van der Waals surface area contributed by atoms with E-state index in [0.29, 0.717) is 0 Å². The van der Waals surface area contributed by atoms with Gasteiger partial charge < -0.3 is 10.2 Å². The van der Waals surface area contributed by atoms with Crippen molar-refractivity contribution >= 4 is 11.8 Å². The second-order valence-corrected chi connectivity index (χ2v) is 5.72. The van der Waals surface area contributed by atoms with E-state index < -0.39 is 6.10 Å². The van der Waals surface area contributed by atoms with Crippen molar-refractivity contribution in [2.75, 3.05) is 6.61 Å². The fourth-order valence-electron chi connectivity index (χ4n) is 1.73. The van der Waals surface area contributed by atoms with Gasteiger partial charge in [-0.25, -0.2) is 0 Å². The van der Waals surface area contributed by atoms with Gasteiger partial charge in [0.05, 0.1) is 6.10 Å². The van der Waals surface area contributed by atoms with Gasteiger partial charge in [0.2, 0.25) is 0 Å². The molecule has 0 spiro atoms. The minimum atomic E-state index is -0.454. The number of benzene rings is 1. The Kier molecular flexibility index (Phi) is 6.63. The summed E-state index contributed by atoms with van der Waals surface area (Å²) < 4.78 is 0. The summed E-state index contributed by atoms with van der Waals surface area (Å²) in [6.07, 6.45) is 1.55.